The van der Waals surface area contributed by atoms with Crippen LogP contribution < -0.4 is 9.47 Å². The second-order valence-corrected chi connectivity index (χ2v) is 4.48. The van der Waals surface area contributed by atoms with Crippen molar-refractivity contribution in [3.8, 4) is 22.9 Å². The maximum absolute atomic E-state index is 5.58. The van der Waals surface area contributed by atoms with Gasteiger partial charge in [0.1, 0.15) is 19.5 Å². The Hall–Kier alpha value is -2.04. The summed E-state index contributed by atoms with van der Waals surface area (Å²) < 4.78 is 13.0. The van der Waals surface area contributed by atoms with Crippen molar-refractivity contribution in [1.82, 2.24) is 14.8 Å². The maximum Gasteiger partial charge on any atom is 0.162 e. The fourth-order valence-corrected chi connectivity index (χ4v) is 2.02. The molecule has 2 aromatic rings. The first-order chi connectivity index (χ1) is 8.75. The molecular formula is C13H15N3O2. The number of aromatic nitrogens is 3. The van der Waals surface area contributed by atoms with E-state index in [0.717, 1.165) is 22.9 Å². The zero-order valence-electron chi connectivity index (χ0n) is 10.5. The van der Waals surface area contributed by atoms with Gasteiger partial charge < -0.3 is 9.47 Å². The molecule has 0 unspecified atom stereocenters. The number of hydrogen-bond acceptors (Lipinski definition) is 4. The molecule has 1 aliphatic rings. The lowest BCUT2D eigenvalue weighted by Crippen LogP contribution is -2.15. The minimum Gasteiger partial charge on any atom is -0.486 e. The second-order valence-electron chi connectivity index (χ2n) is 4.48. The van der Waals surface area contributed by atoms with Gasteiger partial charge in [0.25, 0.3) is 0 Å². The van der Waals surface area contributed by atoms with Crippen LogP contribution in [0.3, 0.4) is 0 Å². The zero-order chi connectivity index (χ0) is 12.5. The van der Waals surface area contributed by atoms with Gasteiger partial charge in [-0.3, -0.25) is 0 Å². The van der Waals surface area contributed by atoms with Crippen LogP contribution in [0, 0.1) is 0 Å². The summed E-state index contributed by atoms with van der Waals surface area (Å²) >= 11 is 0. The van der Waals surface area contributed by atoms with Crippen LogP contribution in [0.2, 0.25) is 0 Å². The Kier molecular flexibility index (Phi) is 2.66. The fraction of sp³-hybridized carbons (Fsp3) is 0.385. The summed E-state index contributed by atoms with van der Waals surface area (Å²) in [4.78, 5) is 4.31. The summed E-state index contributed by atoms with van der Waals surface area (Å²) in [5.74, 6) is 2.42. The molecule has 18 heavy (non-hydrogen) atoms. The molecule has 0 aliphatic carbocycles. The van der Waals surface area contributed by atoms with Crippen molar-refractivity contribution in [2.75, 3.05) is 13.2 Å². The second kappa shape index (κ2) is 4.33. The Labute approximate surface area is 105 Å². The predicted octanol–water partition coefficient (Wildman–Crippen LogP) is 2.30. The SMILES string of the molecule is CC(C)n1ncnc1-c1ccc2c(c1)OCCO2. The van der Waals surface area contributed by atoms with Crippen molar-refractivity contribution in [2.24, 2.45) is 0 Å². The first-order valence-corrected chi connectivity index (χ1v) is 6.05. The monoisotopic (exact) mass is 245 g/mol. The van der Waals surface area contributed by atoms with E-state index in [-0.39, 0.29) is 6.04 Å². The number of fused-ring (bicyclic) bond motifs is 1. The summed E-state index contributed by atoms with van der Waals surface area (Å²) in [6.45, 7) is 5.36. The molecule has 0 saturated carbocycles. The lowest BCUT2D eigenvalue weighted by atomic mass is 10.1. The van der Waals surface area contributed by atoms with Gasteiger partial charge in [-0.05, 0) is 32.0 Å². The van der Waals surface area contributed by atoms with Gasteiger partial charge in [-0.2, -0.15) is 5.10 Å². The van der Waals surface area contributed by atoms with Crippen molar-refractivity contribution < 1.29 is 9.47 Å². The van der Waals surface area contributed by atoms with E-state index in [2.05, 4.69) is 23.9 Å². The van der Waals surface area contributed by atoms with Crippen LogP contribution in [0.25, 0.3) is 11.4 Å². The summed E-state index contributed by atoms with van der Waals surface area (Å²) in [6.07, 6.45) is 1.58. The van der Waals surface area contributed by atoms with Crippen LogP contribution in [0.4, 0.5) is 0 Å². The Morgan fingerprint density at radius 1 is 1.17 bits per heavy atom. The van der Waals surface area contributed by atoms with Crippen LogP contribution in [-0.2, 0) is 0 Å². The number of benzene rings is 1. The lowest BCUT2D eigenvalue weighted by molar-refractivity contribution is 0.171. The molecule has 3 rings (SSSR count). The molecule has 94 valence electrons. The van der Waals surface area contributed by atoms with Gasteiger partial charge in [-0.15, -0.1) is 0 Å². The molecule has 5 heteroatoms. The highest BCUT2D eigenvalue weighted by Gasteiger charge is 2.15. The van der Waals surface area contributed by atoms with Crippen molar-refractivity contribution in [2.45, 2.75) is 19.9 Å². The average Bonchev–Trinajstić information content (AvgIpc) is 2.87. The first kappa shape index (κ1) is 11.1. The van der Waals surface area contributed by atoms with Crippen molar-refractivity contribution in [3.05, 3.63) is 24.5 Å². The number of hydrogen-bond donors (Lipinski definition) is 0. The van der Waals surface area contributed by atoms with Crippen LogP contribution in [0.15, 0.2) is 24.5 Å². The first-order valence-electron chi connectivity index (χ1n) is 6.05. The summed E-state index contributed by atoms with van der Waals surface area (Å²) in [5, 5.41) is 4.24. The minimum absolute atomic E-state index is 0.274. The fourth-order valence-electron chi connectivity index (χ4n) is 2.02. The van der Waals surface area contributed by atoms with E-state index in [0.29, 0.717) is 13.2 Å². The predicted molar refractivity (Wildman–Crippen MR) is 66.8 cm³/mol. The van der Waals surface area contributed by atoms with E-state index in [9.17, 15) is 0 Å². The van der Waals surface area contributed by atoms with Gasteiger partial charge in [0.15, 0.2) is 17.3 Å². The Morgan fingerprint density at radius 3 is 2.72 bits per heavy atom. The molecule has 0 radical (unpaired) electrons. The molecule has 0 amide bonds. The van der Waals surface area contributed by atoms with E-state index in [1.54, 1.807) is 6.33 Å². The molecule has 2 heterocycles. The van der Waals surface area contributed by atoms with E-state index in [1.807, 2.05) is 22.9 Å². The van der Waals surface area contributed by atoms with Crippen LogP contribution in [0.1, 0.15) is 19.9 Å². The van der Waals surface area contributed by atoms with Gasteiger partial charge in [0.2, 0.25) is 0 Å². The van der Waals surface area contributed by atoms with E-state index < -0.39 is 0 Å². The van der Waals surface area contributed by atoms with Crippen molar-refractivity contribution >= 4 is 0 Å². The third-order valence-electron chi connectivity index (χ3n) is 2.86. The van der Waals surface area contributed by atoms with Crippen molar-refractivity contribution in [1.29, 1.82) is 0 Å². The standard InChI is InChI=1S/C13H15N3O2/c1-9(2)16-13(14-8-15-16)10-3-4-11-12(7-10)18-6-5-17-11/h3-4,7-9H,5-6H2,1-2H3. The van der Waals surface area contributed by atoms with Gasteiger partial charge >= 0.3 is 0 Å². The summed E-state index contributed by atoms with van der Waals surface area (Å²) in [5.41, 5.74) is 0.991. The Morgan fingerprint density at radius 2 is 1.94 bits per heavy atom. The third-order valence-corrected chi connectivity index (χ3v) is 2.86. The average molecular weight is 245 g/mol. The van der Waals surface area contributed by atoms with E-state index in [4.69, 9.17) is 9.47 Å². The minimum atomic E-state index is 0.274. The summed E-state index contributed by atoms with van der Waals surface area (Å²) in [6, 6.07) is 6.13. The van der Waals surface area contributed by atoms with E-state index >= 15 is 0 Å². The highest BCUT2D eigenvalue weighted by Crippen LogP contribution is 2.34. The molecule has 0 saturated heterocycles. The third kappa shape index (κ3) is 1.81. The normalized spacial score (nSPS) is 13.9. The maximum atomic E-state index is 5.58. The quantitative estimate of drug-likeness (QED) is 0.814. The molecule has 0 spiro atoms. The molecule has 5 nitrogen and oxygen atoms in total. The Bertz CT molecular complexity index is 563. The topological polar surface area (TPSA) is 49.2 Å². The highest BCUT2D eigenvalue weighted by atomic mass is 16.6. The molecule has 1 aromatic carbocycles. The largest absolute Gasteiger partial charge is 0.486 e. The van der Waals surface area contributed by atoms with Crippen LogP contribution >= 0.6 is 0 Å². The smallest absolute Gasteiger partial charge is 0.162 e. The molecular weight excluding hydrogens is 230 g/mol. The molecule has 1 aliphatic heterocycles. The summed E-state index contributed by atoms with van der Waals surface area (Å²) in [7, 11) is 0. The number of nitrogens with zero attached hydrogens (tertiary/aromatic N) is 3. The molecule has 0 bridgehead atoms. The highest BCUT2D eigenvalue weighted by molar-refractivity contribution is 5.61. The van der Waals surface area contributed by atoms with Crippen molar-refractivity contribution in [3.63, 3.8) is 0 Å². The van der Waals surface area contributed by atoms with Gasteiger partial charge in [0, 0.05) is 11.6 Å². The van der Waals surface area contributed by atoms with Gasteiger partial charge in [0.05, 0.1) is 0 Å². The Balaban J connectivity index is 2.04. The number of rotatable bonds is 2. The number of ether oxygens (including phenoxy) is 2. The van der Waals surface area contributed by atoms with Gasteiger partial charge in [-0.1, -0.05) is 0 Å². The molecule has 1 aromatic heterocycles. The lowest BCUT2D eigenvalue weighted by Gasteiger charge is -2.19. The molecule has 0 atom stereocenters. The van der Waals surface area contributed by atoms with Gasteiger partial charge in [-0.25, -0.2) is 9.67 Å². The van der Waals surface area contributed by atoms with E-state index in [1.165, 1.54) is 0 Å². The zero-order valence-corrected chi connectivity index (χ0v) is 10.5. The van der Waals surface area contributed by atoms with Crippen LogP contribution in [-0.4, -0.2) is 28.0 Å². The molecule has 0 N–H and O–H groups in total. The van der Waals surface area contributed by atoms with Crippen LogP contribution in [0.5, 0.6) is 11.5 Å². The molecule has 0 fully saturated rings.